The number of amides is 2. The minimum Gasteiger partial charge on any atom is -0.482 e. The second-order valence-corrected chi connectivity index (χ2v) is 7.75. The Balaban J connectivity index is 1.74. The van der Waals surface area contributed by atoms with Crippen molar-refractivity contribution in [1.29, 1.82) is 0 Å². The second kappa shape index (κ2) is 9.99. The quantitative estimate of drug-likeness (QED) is 0.603. The summed E-state index contributed by atoms with van der Waals surface area (Å²) in [7, 11) is 0. The Bertz CT molecular complexity index is 927. The molecule has 7 nitrogen and oxygen atoms in total. The maximum Gasteiger partial charge on any atom is 0.471 e. The average molecular weight is 450 g/mol. The maximum atomic E-state index is 12.7. The van der Waals surface area contributed by atoms with Crippen molar-refractivity contribution in [3.8, 4) is 5.75 Å². The van der Waals surface area contributed by atoms with Crippen LogP contribution < -0.4 is 20.7 Å². The number of halogens is 3. The molecular weight excluding hydrogens is 425 g/mol. The van der Waals surface area contributed by atoms with Crippen LogP contribution in [0.25, 0.3) is 0 Å². The van der Waals surface area contributed by atoms with Gasteiger partial charge in [-0.2, -0.15) is 13.2 Å². The number of pyridine rings is 1. The molecule has 2 heterocycles. The van der Waals surface area contributed by atoms with Gasteiger partial charge in [-0.3, -0.25) is 9.59 Å². The third kappa shape index (κ3) is 6.19. The highest BCUT2D eigenvalue weighted by molar-refractivity contribution is 5.92. The Morgan fingerprint density at radius 3 is 2.47 bits per heavy atom. The minimum absolute atomic E-state index is 0.0456. The lowest BCUT2D eigenvalue weighted by molar-refractivity contribution is -0.174. The molecular formula is C22H25F3N4O3. The second-order valence-electron chi connectivity index (χ2n) is 7.75. The zero-order valence-corrected chi connectivity index (χ0v) is 17.7. The van der Waals surface area contributed by atoms with Gasteiger partial charge >= 0.3 is 12.1 Å². The molecule has 32 heavy (non-hydrogen) atoms. The van der Waals surface area contributed by atoms with Crippen LogP contribution in [0.4, 0.5) is 13.2 Å². The monoisotopic (exact) mass is 450 g/mol. The molecule has 0 spiro atoms. The number of nitrogens with one attached hydrogen (secondary N) is 3. The fourth-order valence-corrected chi connectivity index (χ4v) is 3.35. The summed E-state index contributed by atoms with van der Waals surface area (Å²) in [5, 5.41) is 7.98. The van der Waals surface area contributed by atoms with Crippen LogP contribution in [0, 0.1) is 6.92 Å². The molecule has 3 rings (SSSR count). The fraction of sp³-hybridized carbons (Fsp3) is 0.409. The summed E-state index contributed by atoms with van der Waals surface area (Å²) in [5.74, 6) is -2.11. The molecule has 1 aliphatic heterocycles. The molecule has 10 heteroatoms. The Kier molecular flexibility index (Phi) is 7.34. The molecule has 1 fully saturated rings. The van der Waals surface area contributed by atoms with Crippen molar-refractivity contribution in [2.24, 2.45) is 0 Å². The lowest BCUT2D eigenvalue weighted by atomic mass is 10.0. The molecule has 0 radical (unpaired) electrons. The highest BCUT2D eigenvalue weighted by Crippen LogP contribution is 2.26. The summed E-state index contributed by atoms with van der Waals surface area (Å²) >= 11 is 0. The highest BCUT2D eigenvalue weighted by atomic mass is 19.4. The van der Waals surface area contributed by atoms with Crippen molar-refractivity contribution >= 4 is 11.8 Å². The number of carbonyl (C=O) groups excluding carboxylic acids is 2. The van der Waals surface area contributed by atoms with E-state index >= 15 is 0 Å². The molecule has 3 atom stereocenters. The first kappa shape index (κ1) is 23.5. The number of alkyl halides is 3. The van der Waals surface area contributed by atoms with Gasteiger partial charge < -0.3 is 20.7 Å². The zero-order chi connectivity index (χ0) is 23.3. The van der Waals surface area contributed by atoms with Crippen LogP contribution in [0.2, 0.25) is 0 Å². The van der Waals surface area contributed by atoms with Gasteiger partial charge in [0.15, 0.2) is 0 Å². The molecule has 1 aromatic heterocycles. The molecule has 0 unspecified atom stereocenters. The van der Waals surface area contributed by atoms with Gasteiger partial charge in [-0.05, 0) is 44.5 Å². The number of aryl methyl sites for hydroxylation is 1. The van der Waals surface area contributed by atoms with E-state index in [1.807, 2.05) is 12.2 Å². The number of benzene rings is 1. The van der Waals surface area contributed by atoms with E-state index in [9.17, 15) is 22.8 Å². The average Bonchev–Trinajstić information content (AvgIpc) is 3.25. The first-order valence-corrected chi connectivity index (χ1v) is 10.2. The number of rotatable bonds is 7. The summed E-state index contributed by atoms with van der Waals surface area (Å²) in [4.78, 5) is 27.9. The Hall–Kier alpha value is -3.14. The van der Waals surface area contributed by atoms with Crippen LogP contribution in [0.1, 0.15) is 41.1 Å². The largest absolute Gasteiger partial charge is 0.482 e. The SMILES string of the molecule is Cc1ccc([C@@H](Oc2ccc(C(=O)N[C@@H]3CCNC3)nc2)[C@H](C)NC(=O)C(F)(F)F)cc1. The van der Waals surface area contributed by atoms with Crippen molar-refractivity contribution in [3.05, 3.63) is 59.4 Å². The molecule has 1 aromatic carbocycles. The van der Waals surface area contributed by atoms with Crippen molar-refractivity contribution in [1.82, 2.24) is 20.9 Å². The number of ether oxygens (including phenoxy) is 1. The molecule has 0 bridgehead atoms. The Morgan fingerprint density at radius 2 is 1.91 bits per heavy atom. The third-order valence-corrected chi connectivity index (χ3v) is 5.10. The van der Waals surface area contributed by atoms with E-state index < -0.39 is 24.2 Å². The van der Waals surface area contributed by atoms with Crippen LogP contribution >= 0.6 is 0 Å². The minimum atomic E-state index is -5.00. The van der Waals surface area contributed by atoms with E-state index in [2.05, 4.69) is 15.6 Å². The standard InChI is InChI=1S/C22H25F3N4O3/c1-13-3-5-15(6-4-13)19(14(2)28-21(31)22(23,24)25)32-17-7-8-18(27-12-17)20(30)29-16-9-10-26-11-16/h3-8,12,14,16,19,26H,9-11H2,1-2H3,(H,28,31)(H,29,30)/t14-,16+,19-/m0/s1. The Labute approximate surface area is 183 Å². The molecule has 1 aliphatic rings. The third-order valence-electron chi connectivity index (χ3n) is 5.10. The summed E-state index contributed by atoms with van der Waals surface area (Å²) in [6.45, 7) is 4.85. The van der Waals surface area contributed by atoms with E-state index in [1.54, 1.807) is 24.3 Å². The number of hydrogen-bond donors (Lipinski definition) is 3. The van der Waals surface area contributed by atoms with Gasteiger partial charge in [0.2, 0.25) is 0 Å². The van der Waals surface area contributed by atoms with Crippen molar-refractivity contribution < 1.29 is 27.5 Å². The van der Waals surface area contributed by atoms with Crippen LogP contribution in [-0.2, 0) is 4.79 Å². The number of nitrogens with zero attached hydrogens (tertiary/aromatic N) is 1. The van der Waals surface area contributed by atoms with Gasteiger partial charge in [-0.25, -0.2) is 4.98 Å². The van der Waals surface area contributed by atoms with Crippen LogP contribution in [0.3, 0.4) is 0 Å². The molecule has 172 valence electrons. The van der Waals surface area contributed by atoms with Gasteiger partial charge in [0.05, 0.1) is 12.2 Å². The predicted octanol–water partition coefficient (Wildman–Crippen LogP) is 2.67. The van der Waals surface area contributed by atoms with E-state index in [-0.39, 0.29) is 23.4 Å². The maximum absolute atomic E-state index is 12.7. The summed E-state index contributed by atoms with van der Waals surface area (Å²) in [5.41, 5.74) is 1.75. The van der Waals surface area contributed by atoms with Crippen molar-refractivity contribution in [2.45, 2.75) is 44.6 Å². The lowest BCUT2D eigenvalue weighted by Gasteiger charge is -2.27. The predicted molar refractivity (Wildman–Crippen MR) is 111 cm³/mol. The zero-order valence-electron chi connectivity index (χ0n) is 17.7. The van der Waals surface area contributed by atoms with Gasteiger partial charge in [0.1, 0.15) is 17.5 Å². The summed E-state index contributed by atoms with van der Waals surface area (Å²) in [6.07, 6.45) is -3.74. The smallest absolute Gasteiger partial charge is 0.471 e. The first-order valence-electron chi connectivity index (χ1n) is 10.2. The number of hydrogen-bond acceptors (Lipinski definition) is 5. The fourth-order valence-electron chi connectivity index (χ4n) is 3.35. The van der Waals surface area contributed by atoms with E-state index in [0.29, 0.717) is 12.1 Å². The molecule has 3 N–H and O–H groups in total. The topological polar surface area (TPSA) is 92.3 Å². The molecule has 2 amide bonds. The highest BCUT2D eigenvalue weighted by Gasteiger charge is 2.40. The first-order chi connectivity index (χ1) is 15.1. The Morgan fingerprint density at radius 1 is 1.19 bits per heavy atom. The van der Waals surface area contributed by atoms with Gasteiger partial charge in [-0.1, -0.05) is 29.8 Å². The summed E-state index contributed by atoms with van der Waals surface area (Å²) < 4.78 is 44.0. The lowest BCUT2D eigenvalue weighted by Crippen LogP contribution is -2.45. The van der Waals surface area contributed by atoms with Crippen molar-refractivity contribution in [2.75, 3.05) is 13.1 Å². The van der Waals surface area contributed by atoms with Crippen molar-refractivity contribution in [3.63, 3.8) is 0 Å². The van der Waals surface area contributed by atoms with Crippen LogP contribution in [-0.4, -0.2) is 48.1 Å². The van der Waals surface area contributed by atoms with E-state index in [1.165, 1.54) is 25.3 Å². The van der Waals surface area contributed by atoms with Crippen LogP contribution in [0.5, 0.6) is 5.75 Å². The van der Waals surface area contributed by atoms with Gasteiger partial charge in [-0.15, -0.1) is 0 Å². The van der Waals surface area contributed by atoms with Gasteiger partial charge in [0, 0.05) is 12.6 Å². The summed E-state index contributed by atoms with van der Waals surface area (Å²) in [6, 6.07) is 9.10. The van der Waals surface area contributed by atoms with E-state index in [4.69, 9.17) is 4.74 Å². The van der Waals surface area contributed by atoms with Crippen LogP contribution in [0.15, 0.2) is 42.6 Å². The normalized spacial score (nSPS) is 18.0. The molecule has 1 saturated heterocycles. The molecule has 0 aliphatic carbocycles. The van der Waals surface area contributed by atoms with E-state index in [0.717, 1.165) is 18.5 Å². The number of aromatic nitrogens is 1. The van der Waals surface area contributed by atoms with Gasteiger partial charge in [0.25, 0.3) is 5.91 Å². The number of carbonyl (C=O) groups is 2. The molecule has 0 saturated carbocycles. The molecule has 2 aromatic rings.